The van der Waals surface area contributed by atoms with Gasteiger partial charge < -0.3 is 10.2 Å². The lowest BCUT2D eigenvalue weighted by Crippen LogP contribution is -2.32. The van der Waals surface area contributed by atoms with E-state index in [0.717, 1.165) is 38.3 Å². The van der Waals surface area contributed by atoms with Gasteiger partial charge in [0, 0.05) is 19.6 Å². The molecule has 2 aromatic rings. The van der Waals surface area contributed by atoms with Crippen LogP contribution in [0.5, 0.6) is 0 Å². The Morgan fingerprint density at radius 2 is 2.10 bits per heavy atom. The van der Waals surface area contributed by atoms with E-state index in [1.165, 1.54) is 17.5 Å². The summed E-state index contributed by atoms with van der Waals surface area (Å²) in [6, 6.07) is 8.57. The van der Waals surface area contributed by atoms with Gasteiger partial charge in [0.15, 0.2) is 5.82 Å². The van der Waals surface area contributed by atoms with Crippen molar-refractivity contribution in [1.29, 1.82) is 0 Å². The number of nitrogens with one attached hydrogen (secondary N) is 1. The summed E-state index contributed by atoms with van der Waals surface area (Å²) in [5.41, 5.74) is 2.79. The number of unbranched alkanes of at least 4 members (excludes halogenated alkanes) is 1. The Labute approximate surface area is 125 Å². The lowest BCUT2D eigenvalue weighted by atomic mass is 10.0. The molecular formula is C16H21N5. The molecule has 5 nitrogen and oxygen atoms in total. The van der Waals surface area contributed by atoms with E-state index in [0.29, 0.717) is 5.95 Å². The number of nitrogens with zero attached hydrogens (tertiary/aromatic N) is 4. The molecule has 1 aromatic heterocycles. The number of hydrogen-bond donors (Lipinski definition) is 1. The molecule has 2 heterocycles. The minimum absolute atomic E-state index is 0.714. The highest BCUT2D eigenvalue weighted by Crippen LogP contribution is 2.21. The van der Waals surface area contributed by atoms with Gasteiger partial charge in [0.25, 0.3) is 0 Å². The predicted molar refractivity (Wildman–Crippen MR) is 84.4 cm³/mol. The fraction of sp³-hybridized carbons (Fsp3) is 0.438. The van der Waals surface area contributed by atoms with Crippen molar-refractivity contribution < 1.29 is 0 Å². The fourth-order valence-corrected chi connectivity index (χ4v) is 2.57. The second-order valence-corrected chi connectivity index (χ2v) is 5.36. The fourth-order valence-electron chi connectivity index (χ4n) is 2.57. The second-order valence-electron chi connectivity index (χ2n) is 5.36. The van der Waals surface area contributed by atoms with Crippen molar-refractivity contribution in [2.75, 3.05) is 23.3 Å². The maximum absolute atomic E-state index is 4.58. The van der Waals surface area contributed by atoms with Crippen LogP contribution in [0, 0.1) is 0 Å². The number of benzene rings is 1. The summed E-state index contributed by atoms with van der Waals surface area (Å²) < 4.78 is 0. The molecular weight excluding hydrogens is 262 g/mol. The zero-order valence-corrected chi connectivity index (χ0v) is 12.4. The first-order valence-corrected chi connectivity index (χ1v) is 7.62. The second kappa shape index (κ2) is 6.52. The monoisotopic (exact) mass is 283 g/mol. The Morgan fingerprint density at radius 1 is 1.24 bits per heavy atom. The lowest BCUT2D eigenvalue weighted by Gasteiger charge is -2.28. The summed E-state index contributed by atoms with van der Waals surface area (Å²) >= 11 is 0. The average molecular weight is 283 g/mol. The normalized spacial score (nSPS) is 13.9. The number of aromatic nitrogens is 3. The number of hydrogen-bond acceptors (Lipinski definition) is 5. The smallest absolute Gasteiger partial charge is 0.247 e. The molecule has 0 unspecified atom stereocenters. The third kappa shape index (κ3) is 3.29. The van der Waals surface area contributed by atoms with Crippen molar-refractivity contribution in [3.05, 3.63) is 41.6 Å². The molecule has 1 N–H and O–H groups in total. The van der Waals surface area contributed by atoms with Crippen molar-refractivity contribution >= 4 is 11.8 Å². The highest BCUT2D eigenvalue weighted by Gasteiger charge is 2.18. The third-order valence-corrected chi connectivity index (χ3v) is 3.80. The molecule has 0 aliphatic carbocycles. The van der Waals surface area contributed by atoms with E-state index in [9.17, 15) is 0 Å². The Kier molecular flexibility index (Phi) is 4.28. The van der Waals surface area contributed by atoms with Crippen LogP contribution in [0.25, 0.3) is 0 Å². The zero-order valence-electron chi connectivity index (χ0n) is 12.4. The van der Waals surface area contributed by atoms with Gasteiger partial charge in [-0.05, 0) is 24.0 Å². The summed E-state index contributed by atoms with van der Waals surface area (Å²) in [6.45, 7) is 4.90. The van der Waals surface area contributed by atoms with Gasteiger partial charge in [0.05, 0.1) is 6.20 Å². The Morgan fingerprint density at radius 3 is 2.95 bits per heavy atom. The largest absolute Gasteiger partial charge is 0.369 e. The molecule has 21 heavy (non-hydrogen) atoms. The molecule has 0 radical (unpaired) electrons. The SMILES string of the molecule is CCCCNc1cnnc(N2CCc3ccccc3C2)n1. The van der Waals surface area contributed by atoms with E-state index in [2.05, 4.69) is 56.6 Å². The summed E-state index contributed by atoms with van der Waals surface area (Å²) in [4.78, 5) is 6.78. The summed E-state index contributed by atoms with van der Waals surface area (Å²) in [6.07, 6.45) is 5.03. The van der Waals surface area contributed by atoms with E-state index >= 15 is 0 Å². The van der Waals surface area contributed by atoms with Crippen LogP contribution in [0.1, 0.15) is 30.9 Å². The minimum atomic E-state index is 0.714. The van der Waals surface area contributed by atoms with Gasteiger partial charge in [-0.25, -0.2) is 0 Å². The molecule has 110 valence electrons. The molecule has 0 spiro atoms. The topological polar surface area (TPSA) is 53.9 Å². The van der Waals surface area contributed by atoms with Crippen molar-refractivity contribution in [3.63, 3.8) is 0 Å². The molecule has 1 aliphatic rings. The summed E-state index contributed by atoms with van der Waals surface area (Å²) in [5, 5.41) is 11.6. The van der Waals surface area contributed by atoms with Crippen molar-refractivity contribution in [3.8, 4) is 0 Å². The summed E-state index contributed by atoms with van der Waals surface area (Å²) in [7, 11) is 0. The molecule has 1 aromatic carbocycles. The van der Waals surface area contributed by atoms with Crippen LogP contribution in [0.4, 0.5) is 11.8 Å². The van der Waals surface area contributed by atoms with Crippen LogP contribution in [0.3, 0.4) is 0 Å². The van der Waals surface area contributed by atoms with Crippen LogP contribution in [0.15, 0.2) is 30.5 Å². The third-order valence-electron chi connectivity index (χ3n) is 3.80. The first-order chi connectivity index (χ1) is 10.4. The highest BCUT2D eigenvalue weighted by molar-refractivity contribution is 5.43. The molecule has 0 amide bonds. The Balaban J connectivity index is 1.71. The number of anilines is 2. The minimum Gasteiger partial charge on any atom is -0.369 e. The average Bonchev–Trinajstić information content (AvgIpc) is 2.55. The predicted octanol–water partition coefficient (Wildman–Crippen LogP) is 2.65. The Hall–Kier alpha value is -2.17. The van der Waals surface area contributed by atoms with Gasteiger partial charge in [-0.3, -0.25) is 0 Å². The van der Waals surface area contributed by atoms with E-state index in [-0.39, 0.29) is 0 Å². The van der Waals surface area contributed by atoms with E-state index in [4.69, 9.17) is 0 Å². The zero-order chi connectivity index (χ0) is 14.5. The molecule has 0 atom stereocenters. The molecule has 0 bridgehead atoms. The van der Waals surface area contributed by atoms with Crippen molar-refractivity contribution in [1.82, 2.24) is 15.2 Å². The highest BCUT2D eigenvalue weighted by atomic mass is 15.3. The standard InChI is InChI=1S/C16H21N5/c1-2-3-9-17-15-11-18-20-16(19-15)21-10-8-13-6-4-5-7-14(13)12-21/h4-7,11H,2-3,8-10,12H2,1H3,(H,17,19,20). The number of rotatable bonds is 5. The van der Waals surface area contributed by atoms with Crippen LogP contribution in [0.2, 0.25) is 0 Å². The Bertz CT molecular complexity index is 599. The van der Waals surface area contributed by atoms with Gasteiger partial charge in [0.2, 0.25) is 5.95 Å². The van der Waals surface area contributed by atoms with Gasteiger partial charge in [-0.2, -0.15) is 10.1 Å². The van der Waals surface area contributed by atoms with E-state index < -0.39 is 0 Å². The first-order valence-electron chi connectivity index (χ1n) is 7.62. The quantitative estimate of drug-likeness (QED) is 0.855. The molecule has 0 saturated carbocycles. The molecule has 3 rings (SSSR count). The molecule has 5 heteroatoms. The van der Waals surface area contributed by atoms with Gasteiger partial charge in [-0.15, -0.1) is 5.10 Å². The lowest BCUT2D eigenvalue weighted by molar-refractivity contribution is 0.697. The van der Waals surface area contributed by atoms with Crippen LogP contribution in [-0.4, -0.2) is 28.3 Å². The van der Waals surface area contributed by atoms with Crippen molar-refractivity contribution in [2.24, 2.45) is 0 Å². The van der Waals surface area contributed by atoms with Crippen LogP contribution < -0.4 is 10.2 Å². The van der Waals surface area contributed by atoms with Gasteiger partial charge in [-0.1, -0.05) is 37.6 Å². The summed E-state index contributed by atoms with van der Waals surface area (Å²) in [5.74, 6) is 1.53. The molecule has 0 fully saturated rings. The first kappa shape index (κ1) is 13.8. The molecule has 0 saturated heterocycles. The number of fused-ring (bicyclic) bond motifs is 1. The van der Waals surface area contributed by atoms with Gasteiger partial charge in [0.1, 0.15) is 0 Å². The van der Waals surface area contributed by atoms with Crippen LogP contribution in [-0.2, 0) is 13.0 Å². The van der Waals surface area contributed by atoms with E-state index in [1.807, 2.05) is 0 Å². The maximum Gasteiger partial charge on any atom is 0.247 e. The maximum atomic E-state index is 4.58. The van der Waals surface area contributed by atoms with E-state index in [1.54, 1.807) is 6.20 Å². The molecule has 1 aliphatic heterocycles. The van der Waals surface area contributed by atoms with Gasteiger partial charge >= 0.3 is 0 Å². The van der Waals surface area contributed by atoms with Crippen molar-refractivity contribution in [2.45, 2.75) is 32.7 Å². The van der Waals surface area contributed by atoms with Crippen LogP contribution >= 0.6 is 0 Å².